The summed E-state index contributed by atoms with van der Waals surface area (Å²) < 4.78 is 38.2. The molecule has 1 N–H and O–H groups in total. The fourth-order valence-corrected chi connectivity index (χ4v) is 5.00. The Balaban J connectivity index is 1.55. The van der Waals surface area contributed by atoms with Crippen molar-refractivity contribution in [1.82, 2.24) is 9.62 Å². The zero-order chi connectivity index (χ0) is 21.1. The Bertz CT molecular complexity index is 1020. The van der Waals surface area contributed by atoms with Gasteiger partial charge < -0.3 is 14.4 Å². The minimum absolute atomic E-state index is 0.0418. The van der Waals surface area contributed by atoms with E-state index < -0.39 is 10.0 Å². The average Bonchev–Trinajstić information content (AvgIpc) is 3.12. The summed E-state index contributed by atoms with van der Waals surface area (Å²) in [5.74, 6) is 1.36. The minimum atomic E-state index is -3.54. The van der Waals surface area contributed by atoms with Crippen LogP contribution in [0.25, 0.3) is 0 Å². The van der Waals surface area contributed by atoms with E-state index in [1.165, 1.54) is 12.1 Å². The predicted molar refractivity (Wildman–Crippen MR) is 112 cm³/mol. The molecule has 2 aliphatic rings. The molecule has 0 unspecified atom stereocenters. The Labute approximate surface area is 177 Å². The van der Waals surface area contributed by atoms with Crippen LogP contribution in [0, 0.1) is 0 Å². The number of benzene rings is 2. The molecule has 2 aliphatic heterocycles. The molecule has 8 heteroatoms. The molecule has 160 valence electrons. The van der Waals surface area contributed by atoms with Crippen LogP contribution in [0.4, 0.5) is 0 Å². The highest BCUT2D eigenvalue weighted by Crippen LogP contribution is 2.38. The number of sulfonamides is 1. The van der Waals surface area contributed by atoms with Gasteiger partial charge >= 0.3 is 0 Å². The summed E-state index contributed by atoms with van der Waals surface area (Å²) in [4.78, 5) is 15.2. The zero-order valence-electron chi connectivity index (χ0n) is 17.0. The Hall–Kier alpha value is -2.58. The fraction of sp³-hybridized carbons (Fsp3) is 0.409. The smallest absolute Gasteiger partial charge is 0.254 e. The van der Waals surface area contributed by atoms with E-state index >= 15 is 0 Å². The van der Waals surface area contributed by atoms with Crippen LogP contribution in [0.15, 0.2) is 47.4 Å². The van der Waals surface area contributed by atoms with E-state index in [1.807, 2.05) is 23.1 Å². The second-order valence-corrected chi connectivity index (χ2v) is 9.21. The minimum Gasteiger partial charge on any atom is -0.490 e. The number of rotatable bonds is 5. The first-order valence-electron chi connectivity index (χ1n) is 10.3. The van der Waals surface area contributed by atoms with Crippen LogP contribution >= 0.6 is 0 Å². The van der Waals surface area contributed by atoms with Crippen molar-refractivity contribution >= 4 is 15.9 Å². The van der Waals surface area contributed by atoms with Crippen LogP contribution in [0.1, 0.15) is 48.1 Å². The number of amides is 1. The van der Waals surface area contributed by atoms with Gasteiger partial charge in [0, 0.05) is 25.1 Å². The normalized spacial score (nSPS) is 18.8. The summed E-state index contributed by atoms with van der Waals surface area (Å²) in [6, 6.07) is 12.0. The summed E-state index contributed by atoms with van der Waals surface area (Å²) in [5, 5.41) is 0. The lowest BCUT2D eigenvalue weighted by Gasteiger charge is -2.26. The topological polar surface area (TPSA) is 84.9 Å². The second kappa shape index (κ2) is 8.65. The zero-order valence-corrected chi connectivity index (χ0v) is 17.8. The first-order valence-corrected chi connectivity index (χ1v) is 11.8. The molecule has 0 aromatic heterocycles. The summed E-state index contributed by atoms with van der Waals surface area (Å²) >= 11 is 0. The van der Waals surface area contributed by atoms with E-state index in [0.717, 1.165) is 36.3 Å². The van der Waals surface area contributed by atoms with Crippen LogP contribution < -0.4 is 14.2 Å². The average molecular weight is 431 g/mol. The summed E-state index contributed by atoms with van der Waals surface area (Å²) in [7, 11) is -3.54. The quantitative estimate of drug-likeness (QED) is 0.788. The summed E-state index contributed by atoms with van der Waals surface area (Å²) in [6.07, 6.45) is 2.63. The van der Waals surface area contributed by atoms with E-state index in [4.69, 9.17) is 9.47 Å². The molecular formula is C22H26N2O5S. The Morgan fingerprint density at radius 1 is 1.07 bits per heavy atom. The lowest BCUT2D eigenvalue weighted by Crippen LogP contribution is -2.30. The highest BCUT2D eigenvalue weighted by atomic mass is 32.2. The molecule has 30 heavy (non-hydrogen) atoms. The molecule has 4 rings (SSSR count). The maximum absolute atomic E-state index is 13.2. The maximum atomic E-state index is 13.2. The SMILES string of the molecule is CCNS(=O)(=O)c1ccc(C(=O)N2CCC[C@@H]2c2ccc3c(c2)OCCCO3)cc1. The molecule has 7 nitrogen and oxygen atoms in total. The van der Waals surface area contributed by atoms with Crippen molar-refractivity contribution in [3.63, 3.8) is 0 Å². The Kier molecular flexibility index (Phi) is 5.97. The van der Waals surface area contributed by atoms with Gasteiger partial charge in [-0.25, -0.2) is 13.1 Å². The van der Waals surface area contributed by atoms with Gasteiger partial charge in [-0.15, -0.1) is 0 Å². The van der Waals surface area contributed by atoms with Crippen LogP contribution in [0.3, 0.4) is 0 Å². The third-order valence-corrected chi connectivity index (χ3v) is 6.98. The van der Waals surface area contributed by atoms with Gasteiger partial charge in [0.15, 0.2) is 11.5 Å². The van der Waals surface area contributed by atoms with Gasteiger partial charge in [0.25, 0.3) is 5.91 Å². The van der Waals surface area contributed by atoms with Gasteiger partial charge in [-0.3, -0.25) is 4.79 Å². The molecule has 1 saturated heterocycles. The second-order valence-electron chi connectivity index (χ2n) is 7.44. The van der Waals surface area contributed by atoms with Crippen molar-refractivity contribution < 1.29 is 22.7 Å². The van der Waals surface area contributed by atoms with Gasteiger partial charge in [-0.1, -0.05) is 13.0 Å². The Morgan fingerprint density at radius 3 is 2.53 bits per heavy atom. The van der Waals surface area contributed by atoms with E-state index in [2.05, 4.69) is 4.72 Å². The first kappa shape index (κ1) is 20.7. The molecule has 1 atom stereocenters. The Morgan fingerprint density at radius 2 is 1.80 bits per heavy atom. The number of hydrogen-bond acceptors (Lipinski definition) is 5. The molecular weight excluding hydrogens is 404 g/mol. The lowest BCUT2D eigenvalue weighted by atomic mass is 10.0. The van der Waals surface area contributed by atoms with E-state index in [9.17, 15) is 13.2 Å². The highest BCUT2D eigenvalue weighted by Gasteiger charge is 2.31. The van der Waals surface area contributed by atoms with Crippen molar-refractivity contribution in [1.29, 1.82) is 0 Å². The molecule has 0 spiro atoms. The van der Waals surface area contributed by atoms with Gasteiger partial charge in [-0.2, -0.15) is 0 Å². The summed E-state index contributed by atoms with van der Waals surface area (Å²) in [5.41, 5.74) is 1.50. The van der Waals surface area contributed by atoms with E-state index in [1.54, 1.807) is 19.1 Å². The highest BCUT2D eigenvalue weighted by molar-refractivity contribution is 7.89. The van der Waals surface area contributed by atoms with Gasteiger partial charge in [0.05, 0.1) is 24.2 Å². The fourth-order valence-electron chi connectivity index (χ4n) is 3.96. The van der Waals surface area contributed by atoms with Crippen molar-refractivity contribution in [3.05, 3.63) is 53.6 Å². The van der Waals surface area contributed by atoms with Crippen molar-refractivity contribution in [2.75, 3.05) is 26.3 Å². The maximum Gasteiger partial charge on any atom is 0.254 e. The predicted octanol–water partition coefficient (Wildman–Crippen LogP) is 3.12. The van der Waals surface area contributed by atoms with E-state index in [0.29, 0.717) is 31.9 Å². The molecule has 1 fully saturated rings. The van der Waals surface area contributed by atoms with Crippen LogP contribution in [-0.4, -0.2) is 45.5 Å². The molecule has 0 saturated carbocycles. The molecule has 2 heterocycles. The van der Waals surface area contributed by atoms with Crippen LogP contribution in [-0.2, 0) is 10.0 Å². The number of carbonyl (C=O) groups excluding carboxylic acids is 1. The molecule has 0 bridgehead atoms. The van der Waals surface area contributed by atoms with Crippen molar-refractivity contribution in [2.45, 2.75) is 37.1 Å². The van der Waals surface area contributed by atoms with Gasteiger partial charge in [0.1, 0.15) is 0 Å². The molecule has 0 radical (unpaired) electrons. The standard InChI is InChI=1S/C22H26N2O5S/c1-2-23-30(26,27)18-9-6-16(7-10-18)22(25)24-12-3-5-19(24)17-8-11-20-21(15-17)29-14-4-13-28-20/h6-11,15,19,23H,2-5,12-14H2,1H3/t19-/m1/s1. The number of nitrogens with one attached hydrogen (secondary N) is 1. The lowest BCUT2D eigenvalue weighted by molar-refractivity contribution is 0.0735. The third-order valence-electron chi connectivity index (χ3n) is 5.42. The number of carbonyl (C=O) groups is 1. The van der Waals surface area contributed by atoms with Crippen molar-refractivity contribution in [2.24, 2.45) is 0 Å². The number of likely N-dealkylation sites (tertiary alicyclic amines) is 1. The molecule has 1 amide bonds. The first-order chi connectivity index (χ1) is 14.5. The number of nitrogens with zero attached hydrogens (tertiary/aromatic N) is 1. The molecule has 2 aromatic carbocycles. The van der Waals surface area contributed by atoms with Crippen LogP contribution in [0.5, 0.6) is 11.5 Å². The number of ether oxygens (including phenoxy) is 2. The third kappa shape index (κ3) is 4.15. The van der Waals surface area contributed by atoms with E-state index in [-0.39, 0.29) is 16.8 Å². The van der Waals surface area contributed by atoms with Gasteiger partial charge in [0.2, 0.25) is 10.0 Å². The molecule has 2 aromatic rings. The largest absolute Gasteiger partial charge is 0.490 e. The van der Waals surface area contributed by atoms with Crippen LogP contribution in [0.2, 0.25) is 0 Å². The van der Waals surface area contributed by atoms with Crippen molar-refractivity contribution in [3.8, 4) is 11.5 Å². The monoisotopic (exact) mass is 430 g/mol. The molecule has 0 aliphatic carbocycles. The summed E-state index contributed by atoms with van der Waals surface area (Å²) in [6.45, 7) is 3.96. The van der Waals surface area contributed by atoms with Gasteiger partial charge in [-0.05, 0) is 54.8 Å². The number of hydrogen-bond donors (Lipinski definition) is 1. The number of fused-ring (bicyclic) bond motifs is 1.